The van der Waals surface area contributed by atoms with Crippen molar-refractivity contribution in [3.63, 3.8) is 0 Å². The summed E-state index contributed by atoms with van der Waals surface area (Å²) >= 11 is 6.00. The molecule has 0 spiro atoms. The lowest BCUT2D eigenvalue weighted by Gasteiger charge is -2.33. The first kappa shape index (κ1) is 31.0. The second kappa shape index (κ2) is 13.2. The van der Waals surface area contributed by atoms with Crippen molar-refractivity contribution in [1.29, 1.82) is 0 Å². The highest BCUT2D eigenvalue weighted by atomic mass is 35.5. The van der Waals surface area contributed by atoms with Gasteiger partial charge < -0.3 is 15.0 Å². The number of amides is 2. The van der Waals surface area contributed by atoms with Crippen molar-refractivity contribution in [2.45, 2.75) is 57.6 Å². The van der Waals surface area contributed by atoms with Gasteiger partial charge in [0.15, 0.2) is 0 Å². The zero-order valence-electron chi connectivity index (χ0n) is 23.4. The van der Waals surface area contributed by atoms with E-state index in [1.807, 2.05) is 58.0 Å². The van der Waals surface area contributed by atoms with Crippen molar-refractivity contribution in [1.82, 2.24) is 10.2 Å². The van der Waals surface area contributed by atoms with Crippen molar-refractivity contribution in [2.24, 2.45) is 0 Å². The van der Waals surface area contributed by atoms with Crippen molar-refractivity contribution in [3.8, 4) is 5.75 Å². The Labute approximate surface area is 241 Å². The number of hydrogen-bond acceptors (Lipinski definition) is 5. The van der Waals surface area contributed by atoms with Gasteiger partial charge in [0.05, 0.1) is 17.2 Å². The van der Waals surface area contributed by atoms with Crippen LogP contribution in [0, 0.1) is 0 Å². The zero-order chi connectivity index (χ0) is 29.5. The van der Waals surface area contributed by atoms with E-state index in [0.717, 1.165) is 9.87 Å². The Bertz CT molecular complexity index is 1390. The molecule has 0 heterocycles. The summed E-state index contributed by atoms with van der Waals surface area (Å²) in [5.41, 5.74) is 0.566. The first-order chi connectivity index (χ1) is 18.8. The van der Waals surface area contributed by atoms with Crippen molar-refractivity contribution in [3.05, 3.63) is 89.4 Å². The molecule has 0 radical (unpaired) electrons. The van der Waals surface area contributed by atoms with Crippen LogP contribution in [0.3, 0.4) is 0 Å². The van der Waals surface area contributed by atoms with Crippen LogP contribution in [-0.4, -0.2) is 49.9 Å². The number of nitrogens with zero attached hydrogens (tertiary/aromatic N) is 2. The quantitative estimate of drug-likeness (QED) is 0.331. The maximum absolute atomic E-state index is 13.9. The molecule has 0 aliphatic rings. The van der Waals surface area contributed by atoms with Crippen LogP contribution < -0.4 is 14.4 Å². The lowest BCUT2D eigenvalue weighted by molar-refractivity contribution is -0.140. The fourth-order valence-electron chi connectivity index (χ4n) is 3.97. The number of benzene rings is 3. The first-order valence-corrected chi connectivity index (χ1v) is 14.8. The largest absolute Gasteiger partial charge is 0.494 e. The van der Waals surface area contributed by atoms with Gasteiger partial charge in [0, 0.05) is 17.1 Å². The van der Waals surface area contributed by atoms with E-state index in [1.165, 1.54) is 29.2 Å². The van der Waals surface area contributed by atoms with Gasteiger partial charge in [-0.05, 0) is 88.7 Å². The number of carbonyl (C=O) groups is 2. The molecule has 0 aromatic heterocycles. The molecule has 0 aliphatic carbocycles. The summed E-state index contributed by atoms with van der Waals surface area (Å²) < 4.78 is 34.3. The highest BCUT2D eigenvalue weighted by Gasteiger charge is 2.33. The molecule has 0 fully saturated rings. The predicted octanol–water partition coefficient (Wildman–Crippen LogP) is 5.27. The van der Waals surface area contributed by atoms with Gasteiger partial charge in [-0.25, -0.2) is 8.42 Å². The normalized spacial score (nSPS) is 12.3. The van der Waals surface area contributed by atoms with Crippen LogP contribution in [0.25, 0.3) is 0 Å². The summed E-state index contributed by atoms with van der Waals surface area (Å²) in [5, 5.41) is 3.30. The maximum Gasteiger partial charge on any atom is 0.264 e. The van der Waals surface area contributed by atoms with E-state index >= 15 is 0 Å². The van der Waals surface area contributed by atoms with Gasteiger partial charge in [-0.3, -0.25) is 13.9 Å². The molecule has 0 unspecified atom stereocenters. The Morgan fingerprint density at radius 3 is 2.10 bits per heavy atom. The Morgan fingerprint density at radius 1 is 0.950 bits per heavy atom. The van der Waals surface area contributed by atoms with Gasteiger partial charge in [0.1, 0.15) is 18.3 Å². The summed E-state index contributed by atoms with van der Waals surface area (Å²) in [6.07, 6.45) is 0. The fraction of sp³-hybridized carbons (Fsp3) is 0.333. The Hall–Kier alpha value is -3.56. The highest BCUT2D eigenvalue weighted by Crippen LogP contribution is 2.27. The van der Waals surface area contributed by atoms with Crippen LogP contribution in [0.15, 0.2) is 83.8 Å². The molecule has 0 saturated carbocycles. The molecule has 2 amide bonds. The van der Waals surface area contributed by atoms with E-state index in [-0.39, 0.29) is 23.0 Å². The lowest BCUT2D eigenvalue weighted by Crippen LogP contribution is -2.54. The molecule has 0 bridgehead atoms. The van der Waals surface area contributed by atoms with Crippen LogP contribution >= 0.6 is 11.6 Å². The van der Waals surface area contributed by atoms with E-state index in [4.69, 9.17) is 16.3 Å². The number of anilines is 1. The number of sulfonamides is 1. The van der Waals surface area contributed by atoms with Crippen LogP contribution in [0.5, 0.6) is 5.75 Å². The molecule has 8 nitrogen and oxygen atoms in total. The van der Waals surface area contributed by atoms with Gasteiger partial charge in [0.25, 0.3) is 10.0 Å². The topological polar surface area (TPSA) is 96.0 Å². The summed E-state index contributed by atoms with van der Waals surface area (Å²) in [7, 11) is -4.19. The Morgan fingerprint density at radius 2 is 1.55 bits per heavy atom. The van der Waals surface area contributed by atoms with Gasteiger partial charge in [-0.2, -0.15) is 0 Å². The molecular weight excluding hydrogens is 550 g/mol. The number of nitrogens with one attached hydrogen (secondary N) is 1. The Kier molecular flexibility index (Phi) is 10.2. The molecule has 10 heteroatoms. The number of ether oxygens (including phenoxy) is 1. The second-order valence-corrected chi connectivity index (χ2v) is 12.6. The van der Waals surface area contributed by atoms with E-state index in [1.54, 1.807) is 31.2 Å². The van der Waals surface area contributed by atoms with E-state index in [0.29, 0.717) is 17.4 Å². The summed E-state index contributed by atoms with van der Waals surface area (Å²) in [5.74, 6) is -0.309. The van der Waals surface area contributed by atoms with Crippen molar-refractivity contribution < 1.29 is 22.7 Å². The van der Waals surface area contributed by atoms with Crippen LogP contribution in [0.1, 0.15) is 40.2 Å². The van der Waals surface area contributed by atoms with E-state index < -0.39 is 34.1 Å². The third kappa shape index (κ3) is 8.22. The SMILES string of the molecule is CCOc1ccc(N(CC(=O)N(Cc2ccccc2)[C@@H](C)C(=O)NC(C)(C)C)S(=O)(=O)c2ccc(Cl)cc2)cc1. The molecule has 214 valence electrons. The molecule has 40 heavy (non-hydrogen) atoms. The smallest absolute Gasteiger partial charge is 0.264 e. The second-order valence-electron chi connectivity index (χ2n) is 10.3. The third-order valence-electron chi connectivity index (χ3n) is 5.98. The molecular formula is C30H36ClN3O5S. The molecule has 3 aromatic rings. The van der Waals surface area contributed by atoms with Gasteiger partial charge in [-0.1, -0.05) is 41.9 Å². The third-order valence-corrected chi connectivity index (χ3v) is 8.02. The molecule has 1 N–H and O–H groups in total. The summed E-state index contributed by atoms with van der Waals surface area (Å²) in [4.78, 5) is 28.5. The number of rotatable bonds is 11. The predicted molar refractivity (Wildman–Crippen MR) is 158 cm³/mol. The average molecular weight is 586 g/mol. The van der Waals surface area contributed by atoms with Crippen LogP contribution in [-0.2, 0) is 26.2 Å². The van der Waals surface area contributed by atoms with Crippen LogP contribution in [0.2, 0.25) is 5.02 Å². The summed E-state index contributed by atoms with van der Waals surface area (Å²) in [6, 6.07) is 20.6. The molecule has 1 atom stereocenters. The van der Waals surface area contributed by atoms with E-state index in [9.17, 15) is 18.0 Å². The maximum atomic E-state index is 13.9. The van der Waals surface area contributed by atoms with Crippen LogP contribution in [0.4, 0.5) is 5.69 Å². The monoisotopic (exact) mass is 585 g/mol. The van der Waals surface area contributed by atoms with Crippen molar-refractivity contribution in [2.75, 3.05) is 17.5 Å². The minimum atomic E-state index is -4.19. The van der Waals surface area contributed by atoms with Gasteiger partial charge in [0.2, 0.25) is 11.8 Å². The zero-order valence-corrected chi connectivity index (χ0v) is 25.0. The highest BCUT2D eigenvalue weighted by molar-refractivity contribution is 7.92. The average Bonchev–Trinajstić information content (AvgIpc) is 2.90. The number of halogens is 1. The Balaban J connectivity index is 2.02. The standard InChI is InChI=1S/C30H36ClN3O5S/c1-6-39-26-16-14-25(15-17-26)34(40(37,38)27-18-12-24(31)13-19-27)21-28(35)33(20-23-10-8-7-9-11-23)22(2)29(36)32-30(3,4)5/h7-19,22H,6,20-21H2,1-5H3,(H,32,36)/t22-/m0/s1. The fourth-order valence-corrected chi connectivity index (χ4v) is 5.51. The minimum absolute atomic E-state index is 0.0216. The lowest BCUT2D eigenvalue weighted by atomic mass is 10.1. The molecule has 0 aliphatic heterocycles. The van der Waals surface area contributed by atoms with Gasteiger partial charge >= 0.3 is 0 Å². The van der Waals surface area contributed by atoms with Gasteiger partial charge in [-0.15, -0.1) is 0 Å². The molecule has 3 rings (SSSR count). The number of carbonyl (C=O) groups excluding carboxylic acids is 2. The number of hydrogen-bond donors (Lipinski definition) is 1. The first-order valence-electron chi connectivity index (χ1n) is 13.0. The van der Waals surface area contributed by atoms with Crippen molar-refractivity contribution >= 4 is 39.1 Å². The minimum Gasteiger partial charge on any atom is -0.494 e. The van der Waals surface area contributed by atoms with E-state index in [2.05, 4.69) is 5.32 Å². The molecule has 3 aromatic carbocycles. The summed E-state index contributed by atoms with van der Waals surface area (Å²) in [6.45, 7) is 9.09. The molecule has 0 saturated heterocycles.